The summed E-state index contributed by atoms with van der Waals surface area (Å²) in [6.45, 7) is 4.20. The predicted molar refractivity (Wildman–Crippen MR) is 79.1 cm³/mol. The molecule has 1 aromatic carbocycles. The van der Waals surface area contributed by atoms with Crippen LogP contribution in [-0.4, -0.2) is 20.2 Å². The molecule has 0 amide bonds. The molecule has 0 unspecified atom stereocenters. The van der Waals surface area contributed by atoms with E-state index in [2.05, 4.69) is 18.3 Å². The molecule has 0 aliphatic heterocycles. The molecule has 104 valence electrons. The minimum Gasteiger partial charge on any atom is -0.496 e. The van der Waals surface area contributed by atoms with Crippen molar-refractivity contribution >= 4 is 11.6 Å². The fourth-order valence-electron chi connectivity index (χ4n) is 3.78. The van der Waals surface area contributed by atoms with Crippen LogP contribution in [0.4, 0.5) is 0 Å². The van der Waals surface area contributed by atoms with Gasteiger partial charge in [-0.3, -0.25) is 0 Å². The van der Waals surface area contributed by atoms with Gasteiger partial charge in [0.1, 0.15) is 5.75 Å². The fourth-order valence-corrected chi connectivity index (χ4v) is 3.96. The Morgan fingerprint density at radius 3 is 2.63 bits per heavy atom. The third-order valence-corrected chi connectivity index (χ3v) is 5.07. The first kappa shape index (κ1) is 13.3. The Bertz CT molecular complexity index is 474. The molecule has 0 heterocycles. The molecule has 2 nitrogen and oxygen atoms in total. The summed E-state index contributed by atoms with van der Waals surface area (Å²) in [5.41, 5.74) is 2.17. The Kier molecular flexibility index (Phi) is 3.26. The molecular formula is C16H22ClNO. The van der Waals surface area contributed by atoms with E-state index in [1.54, 1.807) is 7.11 Å². The van der Waals surface area contributed by atoms with E-state index < -0.39 is 0 Å². The maximum absolute atomic E-state index is 6.21. The van der Waals surface area contributed by atoms with Crippen LogP contribution in [0.2, 0.25) is 5.02 Å². The molecule has 1 aromatic rings. The van der Waals surface area contributed by atoms with Crippen molar-refractivity contribution in [1.82, 2.24) is 5.32 Å². The van der Waals surface area contributed by atoms with Crippen molar-refractivity contribution in [2.24, 2.45) is 5.41 Å². The SMILES string of the molecule is CCNCC1(c2cc(Cl)ccc2OC)CC2(CC2)C1. The summed E-state index contributed by atoms with van der Waals surface area (Å²) >= 11 is 6.21. The number of benzene rings is 1. The quantitative estimate of drug-likeness (QED) is 0.886. The van der Waals surface area contributed by atoms with Crippen LogP contribution in [-0.2, 0) is 5.41 Å². The van der Waals surface area contributed by atoms with Gasteiger partial charge in [-0.15, -0.1) is 0 Å². The summed E-state index contributed by atoms with van der Waals surface area (Å²) < 4.78 is 5.56. The van der Waals surface area contributed by atoms with Crippen LogP contribution >= 0.6 is 11.6 Å². The molecular weight excluding hydrogens is 258 g/mol. The van der Waals surface area contributed by atoms with E-state index in [9.17, 15) is 0 Å². The zero-order chi connectivity index (χ0) is 13.5. The molecule has 1 N–H and O–H groups in total. The van der Waals surface area contributed by atoms with Crippen molar-refractivity contribution in [2.45, 2.75) is 38.0 Å². The zero-order valence-corrected chi connectivity index (χ0v) is 12.5. The molecule has 3 rings (SSSR count). The second-order valence-corrected chi connectivity index (χ2v) is 6.70. The summed E-state index contributed by atoms with van der Waals surface area (Å²) in [5, 5.41) is 4.34. The summed E-state index contributed by atoms with van der Waals surface area (Å²) in [5.74, 6) is 0.984. The van der Waals surface area contributed by atoms with Gasteiger partial charge in [0.15, 0.2) is 0 Å². The van der Waals surface area contributed by atoms with Crippen LogP contribution in [0.3, 0.4) is 0 Å². The first-order chi connectivity index (χ1) is 9.13. The van der Waals surface area contributed by atoms with Gasteiger partial charge in [-0.1, -0.05) is 18.5 Å². The van der Waals surface area contributed by atoms with Crippen molar-refractivity contribution in [3.05, 3.63) is 28.8 Å². The first-order valence-electron chi connectivity index (χ1n) is 7.18. The smallest absolute Gasteiger partial charge is 0.122 e. The van der Waals surface area contributed by atoms with Crippen LogP contribution in [0.5, 0.6) is 5.75 Å². The van der Waals surface area contributed by atoms with Crippen molar-refractivity contribution in [3.8, 4) is 5.75 Å². The zero-order valence-electron chi connectivity index (χ0n) is 11.8. The monoisotopic (exact) mass is 279 g/mol. The van der Waals surface area contributed by atoms with Gasteiger partial charge in [0.05, 0.1) is 7.11 Å². The van der Waals surface area contributed by atoms with Crippen LogP contribution in [0.25, 0.3) is 0 Å². The van der Waals surface area contributed by atoms with Crippen LogP contribution in [0, 0.1) is 5.41 Å². The molecule has 2 saturated carbocycles. The van der Waals surface area contributed by atoms with Gasteiger partial charge in [-0.05, 0) is 55.8 Å². The standard InChI is InChI=1S/C16H22ClNO/c1-3-18-11-16(9-15(10-16)6-7-15)13-8-12(17)4-5-14(13)19-2/h4-5,8,18H,3,6-7,9-11H2,1-2H3. The second kappa shape index (κ2) is 4.68. The molecule has 0 saturated heterocycles. The van der Waals surface area contributed by atoms with Gasteiger partial charge >= 0.3 is 0 Å². The van der Waals surface area contributed by atoms with Crippen LogP contribution in [0.1, 0.15) is 38.2 Å². The topological polar surface area (TPSA) is 21.3 Å². The number of halogens is 1. The number of hydrogen-bond acceptors (Lipinski definition) is 2. The lowest BCUT2D eigenvalue weighted by Gasteiger charge is -2.50. The largest absolute Gasteiger partial charge is 0.496 e. The fraction of sp³-hybridized carbons (Fsp3) is 0.625. The third-order valence-electron chi connectivity index (χ3n) is 4.83. The van der Waals surface area contributed by atoms with E-state index in [4.69, 9.17) is 16.3 Å². The maximum Gasteiger partial charge on any atom is 0.122 e. The second-order valence-electron chi connectivity index (χ2n) is 6.26. The third kappa shape index (κ3) is 2.25. The molecule has 1 spiro atoms. The average Bonchev–Trinajstić information content (AvgIpc) is 3.15. The number of methoxy groups -OCH3 is 1. The summed E-state index contributed by atoms with van der Waals surface area (Å²) in [6.07, 6.45) is 5.38. The summed E-state index contributed by atoms with van der Waals surface area (Å²) in [6, 6.07) is 6.02. The van der Waals surface area contributed by atoms with Crippen LogP contribution in [0.15, 0.2) is 18.2 Å². The van der Waals surface area contributed by atoms with E-state index in [0.29, 0.717) is 5.41 Å². The lowest BCUT2D eigenvalue weighted by molar-refractivity contribution is 0.114. The Morgan fingerprint density at radius 2 is 2.05 bits per heavy atom. The van der Waals surface area contributed by atoms with E-state index >= 15 is 0 Å². The summed E-state index contributed by atoms with van der Waals surface area (Å²) in [4.78, 5) is 0. The van der Waals surface area contributed by atoms with Crippen molar-refractivity contribution in [3.63, 3.8) is 0 Å². The van der Waals surface area contributed by atoms with E-state index in [1.807, 2.05) is 12.1 Å². The van der Waals surface area contributed by atoms with E-state index in [-0.39, 0.29) is 5.41 Å². The average molecular weight is 280 g/mol. The number of likely N-dealkylation sites (N-methyl/N-ethyl adjacent to an activating group) is 1. The maximum atomic E-state index is 6.21. The minimum atomic E-state index is 0.225. The molecule has 3 heteroatoms. The number of hydrogen-bond donors (Lipinski definition) is 1. The van der Waals surface area contributed by atoms with E-state index in [0.717, 1.165) is 23.9 Å². The molecule has 2 fully saturated rings. The molecule has 0 bridgehead atoms. The predicted octanol–water partition coefficient (Wildman–Crippen LogP) is 3.77. The molecule has 0 atom stereocenters. The number of rotatable bonds is 5. The Labute approximate surface area is 120 Å². The van der Waals surface area contributed by atoms with Gasteiger partial charge in [0.25, 0.3) is 0 Å². The highest BCUT2D eigenvalue weighted by atomic mass is 35.5. The Balaban J connectivity index is 1.93. The van der Waals surface area contributed by atoms with Gasteiger partial charge in [-0.2, -0.15) is 0 Å². The Morgan fingerprint density at radius 1 is 1.32 bits per heavy atom. The molecule has 19 heavy (non-hydrogen) atoms. The van der Waals surface area contributed by atoms with Gasteiger partial charge < -0.3 is 10.1 Å². The molecule has 0 aromatic heterocycles. The Hall–Kier alpha value is -0.730. The lowest BCUT2D eigenvalue weighted by Crippen LogP contribution is -2.49. The van der Waals surface area contributed by atoms with Gasteiger partial charge in [-0.25, -0.2) is 0 Å². The van der Waals surface area contributed by atoms with Crippen molar-refractivity contribution in [1.29, 1.82) is 0 Å². The highest BCUT2D eigenvalue weighted by Crippen LogP contribution is 2.69. The van der Waals surface area contributed by atoms with Crippen molar-refractivity contribution in [2.75, 3.05) is 20.2 Å². The van der Waals surface area contributed by atoms with Crippen LogP contribution < -0.4 is 10.1 Å². The van der Waals surface area contributed by atoms with Gasteiger partial charge in [0, 0.05) is 22.5 Å². The highest BCUT2D eigenvalue weighted by molar-refractivity contribution is 6.30. The highest BCUT2D eigenvalue weighted by Gasteiger charge is 2.61. The van der Waals surface area contributed by atoms with Gasteiger partial charge in [0.2, 0.25) is 0 Å². The van der Waals surface area contributed by atoms with E-state index in [1.165, 1.54) is 31.2 Å². The lowest BCUT2D eigenvalue weighted by atomic mass is 9.56. The first-order valence-corrected chi connectivity index (χ1v) is 7.56. The number of ether oxygens (including phenoxy) is 1. The summed E-state index contributed by atoms with van der Waals surface area (Å²) in [7, 11) is 1.75. The minimum absolute atomic E-state index is 0.225. The number of nitrogens with one attached hydrogen (secondary N) is 1. The van der Waals surface area contributed by atoms with Crippen molar-refractivity contribution < 1.29 is 4.74 Å². The molecule has 2 aliphatic rings. The molecule has 2 aliphatic carbocycles. The normalized spacial score (nSPS) is 22.1. The molecule has 0 radical (unpaired) electrons.